The van der Waals surface area contributed by atoms with Gasteiger partial charge in [0.2, 0.25) is 5.91 Å². The highest BCUT2D eigenvalue weighted by Crippen LogP contribution is 2.25. The first-order valence-electron chi connectivity index (χ1n) is 8.54. The van der Waals surface area contributed by atoms with E-state index in [0.29, 0.717) is 16.6 Å². The minimum Gasteiger partial charge on any atom is -0.325 e. The monoisotopic (exact) mass is 401 g/mol. The van der Waals surface area contributed by atoms with Gasteiger partial charge in [-0.1, -0.05) is 37.2 Å². The molecule has 0 fully saturated rings. The van der Waals surface area contributed by atoms with Gasteiger partial charge in [-0.3, -0.25) is 9.78 Å². The van der Waals surface area contributed by atoms with E-state index in [2.05, 4.69) is 38.9 Å². The Morgan fingerprint density at radius 2 is 1.85 bits per heavy atom. The second-order valence-corrected chi connectivity index (χ2v) is 7.77. The fraction of sp³-hybridized carbons (Fsp3) is 0.263. The minimum atomic E-state index is -0.105. The lowest BCUT2D eigenvalue weighted by Gasteiger charge is -2.12. The minimum absolute atomic E-state index is 0.105. The Balaban J connectivity index is 1.71. The summed E-state index contributed by atoms with van der Waals surface area (Å²) in [4.78, 5) is 16.3. The third kappa shape index (κ3) is 5.30. The summed E-state index contributed by atoms with van der Waals surface area (Å²) >= 11 is 7.23. The number of thioether (sulfide) groups is 1. The largest absolute Gasteiger partial charge is 0.325 e. The number of pyridine rings is 1. The zero-order valence-corrected chi connectivity index (χ0v) is 16.7. The van der Waals surface area contributed by atoms with Crippen molar-refractivity contribution in [2.45, 2.75) is 25.5 Å². The summed E-state index contributed by atoms with van der Waals surface area (Å²) in [6.45, 7) is 5.04. The third-order valence-electron chi connectivity index (χ3n) is 3.66. The summed E-state index contributed by atoms with van der Waals surface area (Å²) in [6, 6.07) is 10.8. The van der Waals surface area contributed by atoms with Gasteiger partial charge in [-0.25, -0.2) is 0 Å². The number of carbonyl (C=O) groups is 1. The molecule has 1 aromatic carbocycles. The number of rotatable bonds is 7. The number of hydrogen-bond acceptors (Lipinski definition) is 5. The van der Waals surface area contributed by atoms with Crippen LogP contribution in [0.5, 0.6) is 0 Å². The molecular formula is C19H20ClN5OS. The first kappa shape index (κ1) is 19.4. The molecule has 6 nitrogen and oxygen atoms in total. The van der Waals surface area contributed by atoms with Gasteiger partial charge < -0.3 is 9.88 Å². The lowest BCUT2D eigenvalue weighted by Crippen LogP contribution is -2.15. The van der Waals surface area contributed by atoms with Crippen molar-refractivity contribution < 1.29 is 4.79 Å². The molecule has 0 unspecified atom stereocenters. The summed E-state index contributed by atoms with van der Waals surface area (Å²) in [7, 11) is 0. The molecule has 27 heavy (non-hydrogen) atoms. The average Bonchev–Trinajstić information content (AvgIpc) is 3.04. The normalized spacial score (nSPS) is 11.0. The van der Waals surface area contributed by atoms with Gasteiger partial charge in [0.1, 0.15) is 0 Å². The first-order valence-corrected chi connectivity index (χ1v) is 9.91. The maximum atomic E-state index is 12.3. The number of hydrogen-bond donors (Lipinski definition) is 1. The first-order chi connectivity index (χ1) is 13.0. The summed E-state index contributed by atoms with van der Waals surface area (Å²) in [5, 5.41) is 12.8. The SMILES string of the molecule is CC(C)Cn1c(SCC(=O)Nc2ccc(Cl)cc2)nnc1-c1ccncc1. The highest BCUT2D eigenvalue weighted by Gasteiger charge is 2.16. The smallest absolute Gasteiger partial charge is 0.234 e. The van der Waals surface area contributed by atoms with Crippen molar-refractivity contribution in [3.63, 3.8) is 0 Å². The van der Waals surface area contributed by atoms with Crippen LogP contribution in [0.25, 0.3) is 11.4 Å². The number of anilines is 1. The van der Waals surface area contributed by atoms with E-state index in [0.717, 1.165) is 23.1 Å². The van der Waals surface area contributed by atoms with Crippen LogP contribution in [0.2, 0.25) is 5.02 Å². The molecule has 0 saturated carbocycles. The number of halogens is 1. The van der Waals surface area contributed by atoms with Crippen molar-refractivity contribution in [3.05, 3.63) is 53.8 Å². The fourth-order valence-electron chi connectivity index (χ4n) is 2.50. The van der Waals surface area contributed by atoms with Crippen LogP contribution in [0.3, 0.4) is 0 Å². The molecule has 1 amide bonds. The third-order valence-corrected chi connectivity index (χ3v) is 4.88. The molecule has 0 aliphatic rings. The van der Waals surface area contributed by atoms with Gasteiger partial charge in [0.05, 0.1) is 5.75 Å². The van der Waals surface area contributed by atoms with E-state index in [1.165, 1.54) is 11.8 Å². The lowest BCUT2D eigenvalue weighted by molar-refractivity contribution is -0.113. The van der Waals surface area contributed by atoms with E-state index in [9.17, 15) is 4.79 Å². The van der Waals surface area contributed by atoms with Crippen LogP contribution in [-0.2, 0) is 11.3 Å². The molecule has 2 aromatic heterocycles. The van der Waals surface area contributed by atoms with Crippen LogP contribution in [0.15, 0.2) is 53.9 Å². The Hall–Kier alpha value is -2.38. The molecule has 1 N–H and O–H groups in total. The van der Waals surface area contributed by atoms with Crippen molar-refractivity contribution in [3.8, 4) is 11.4 Å². The predicted octanol–water partition coefficient (Wildman–Crippen LogP) is 4.38. The summed E-state index contributed by atoms with van der Waals surface area (Å²) in [5.74, 6) is 1.34. The molecule has 8 heteroatoms. The van der Waals surface area contributed by atoms with Gasteiger partial charge in [0.15, 0.2) is 11.0 Å². The lowest BCUT2D eigenvalue weighted by atomic mass is 10.2. The zero-order chi connectivity index (χ0) is 19.2. The Bertz CT molecular complexity index is 896. The van der Waals surface area contributed by atoms with Crippen LogP contribution in [0, 0.1) is 5.92 Å². The predicted molar refractivity (Wildman–Crippen MR) is 109 cm³/mol. The van der Waals surface area contributed by atoms with Crippen LogP contribution >= 0.6 is 23.4 Å². The van der Waals surface area contributed by atoms with Crippen molar-refractivity contribution in [1.29, 1.82) is 0 Å². The van der Waals surface area contributed by atoms with Crippen LogP contribution in [0.1, 0.15) is 13.8 Å². The maximum Gasteiger partial charge on any atom is 0.234 e. The molecule has 3 rings (SSSR count). The van der Waals surface area contributed by atoms with E-state index in [1.807, 2.05) is 12.1 Å². The number of benzene rings is 1. The molecule has 0 saturated heterocycles. The van der Waals surface area contributed by atoms with Crippen molar-refractivity contribution in [1.82, 2.24) is 19.7 Å². The summed E-state index contributed by atoms with van der Waals surface area (Å²) in [6.07, 6.45) is 3.46. The molecule has 0 bridgehead atoms. The van der Waals surface area contributed by atoms with Gasteiger partial charge in [0, 0.05) is 35.2 Å². The molecule has 3 aromatic rings. The van der Waals surface area contributed by atoms with Gasteiger partial charge >= 0.3 is 0 Å². The highest BCUT2D eigenvalue weighted by molar-refractivity contribution is 7.99. The van der Waals surface area contributed by atoms with Crippen LogP contribution < -0.4 is 5.32 Å². The van der Waals surface area contributed by atoms with E-state index < -0.39 is 0 Å². The Kier molecular flexibility index (Phi) is 6.47. The van der Waals surface area contributed by atoms with Gasteiger partial charge in [0.25, 0.3) is 0 Å². The Labute approximate surface area is 167 Å². The number of aromatic nitrogens is 4. The number of amides is 1. The molecule has 0 aliphatic heterocycles. The Morgan fingerprint density at radius 1 is 1.15 bits per heavy atom. The van der Waals surface area contributed by atoms with Gasteiger partial charge in [-0.15, -0.1) is 10.2 Å². The zero-order valence-electron chi connectivity index (χ0n) is 15.1. The summed E-state index contributed by atoms with van der Waals surface area (Å²) < 4.78 is 2.06. The van der Waals surface area contributed by atoms with Crippen LogP contribution in [-0.4, -0.2) is 31.4 Å². The van der Waals surface area contributed by atoms with Crippen molar-refractivity contribution in [2.24, 2.45) is 5.92 Å². The topological polar surface area (TPSA) is 72.7 Å². The number of nitrogens with one attached hydrogen (secondary N) is 1. The molecule has 0 radical (unpaired) electrons. The van der Waals surface area contributed by atoms with Gasteiger partial charge in [-0.05, 0) is 42.3 Å². The molecular weight excluding hydrogens is 382 g/mol. The quantitative estimate of drug-likeness (QED) is 0.595. The molecule has 0 atom stereocenters. The van der Waals surface area contributed by atoms with E-state index >= 15 is 0 Å². The Morgan fingerprint density at radius 3 is 2.52 bits per heavy atom. The van der Waals surface area contributed by atoms with Crippen molar-refractivity contribution >= 4 is 35.0 Å². The maximum absolute atomic E-state index is 12.3. The van der Waals surface area contributed by atoms with E-state index in [4.69, 9.17) is 11.6 Å². The molecule has 0 spiro atoms. The molecule has 0 aliphatic carbocycles. The standard InChI is InChI=1S/C19H20ClN5OS/c1-13(2)11-25-18(14-7-9-21-10-8-14)23-24-19(25)27-12-17(26)22-16-5-3-15(20)4-6-16/h3-10,13H,11-12H2,1-2H3,(H,22,26). The number of nitrogens with zero attached hydrogens (tertiary/aromatic N) is 4. The molecule has 140 valence electrons. The second-order valence-electron chi connectivity index (χ2n) is 6.39. The second kappa shape index (κ2) is 9.01. The van der Waals surface area contributed by atoms with Gasteiger partial charge in [-0.2, -0.15) is 0 Å². The van der Waals surface area contributed by atoms with Crippen molar-refractivity contribution in [2.75, 3.05) is 11.1 Å². The summed E-state index contributed by atoms with van der Waals surface area (Å²) in [5.41, 5.74) is 1.67. The average molecular weight is 402 g/mol. The number of carbonyl (C=O) groups excluding carboxylic acids is 1. The molecule has 2 heterocycles. The fourth-order valence-corrected chi connectivity index (χ4v) is 3.37. The van der Waals surface area contributed by atoms with E-state index in [-0.39, 0.29) is 11.7 Å². The highest BCUT2D eigenvalue weighted by atomic mass is 35.5. The van der Waals surface area contributed by atoms with E-state index in [1.54, 1.807) is 36.7 Å². The van der Waals surface area contributed by atoms with Crippen LogP contribution in [0.4, 0.5) is 5.69 Å².